The summed E-state index contributed by atoms with van der Waals surface area (Å²) in [6, 6.07) is 18.8. The third kappa shape index (κ3) is 3.87. The third-order valence-electron chi connectivity index (χ3n) is 4.72. The van der Waals surface area contributed by atoms with E-state index in [1.807, 2.05) is 42.5 Å². The predicted octanol–water partition coefficient (Wildman–Crippen LogP) is 2.97. The molecule has 0 bridgehead atoms. The molecule has 0 saturated carbocycles. The molecule has 0 radical (unpaired) electrons. The zero-order valence-electron chi connectivity index (χ0n) is 15.5. The van der Waals surface area contributed by atoms with E-state index in [9.17, 15) is 9.90 Å². The van der Waals surface area contributed by atoms with Crippen LogP contribution in [-0.4, -0.2) is 31.0 Å². The molecule has 144 valence electrons. The molecule has 1 heterocycles. The summed E-state index contributed by atoms with van der Waals surface area (Å²) in [7, 11) is 0. The largest absolute Gasteiger partial charge is 0.484 e. The molecule has 0 aromatic heterocycles. The van der Waals surface area contributed by atoms with E-state index in [4.69, 9.17) is 14.2 Å². The van der Waals surface area contributed by atoms with Crippen LogP contribution in [-0.2, 0) is 10.4 Å². The van der Waals surface area contributed by atoms with E-state index < -0.39 is 5.60 Å². The monoisotopic (exact) mass is 379 g/mol. The maximum absolute atomic E-state index is 12.2. The maximum Gasteiger partial charge on any atom is 0.258 e. The summed E-state index contributed by atoms with van der Waals surface area (Å²) in [6.07, 6.45) is 0. The van der Waals surface area contributed by atoms with Crippen LogP contribution in [0, 0.1) is 0 Å². The molecule has 0 saturated heterocycles. The van der Waals surface area contributed by atoms with Gasteiger partial charge in [0.15, 0.2) is 18.1 Å². The first-order chi connectivity index (χ1) is 13.5. The molecule has 0 aliphatic carbocycles. The van der Waals surface area contributed by atoms with Crippen LogP contribution in [0.2, 0.25) is 0 Å². The van der Waals surface area contributed by atoms with Crippen LogP contribution in [0.5, 0.6) is 17.2 Å². The molecular weight excluding hydrogens is 358 g/mol. The highest BCUT2D eigenvalue weighted by molar-refractivity contribution is 5.84. The van der Waals surface area contributed by atoms with Crippen molar-refractivity contribution in [1.82, 2.24) is 5.32 Å². The molecule has 4 rings (SSSR count). The molecule has 3 aromatic carbocycles. The first kappa shape index (κ1) is 18.1. The maximum atomic E-state index is 12.2. The minimum Gasteiger partial charge on any atom is -0.484 e. The van der Waals surface area contributed by atoms with E-state index in [-0.39, 0.29) is 25.9 Å². The minimum absolute atomic E-state index is 0.0482. The fourth-order valence-corrected chi connectivity index (χ4v) is 3.06. The highest BCUT2D eigenvalue weighted by Gasteiger charge is 2.26. The Morgan fingerprint density at radius 3 is 2.71 bits per heavy atom. The second-order valence-electron chi connectivity index (χ2n) is 6.92. The van der Waals surface area contributed by atoms with Gasteiger partial charge in [-0.3, -0.25) is 4.79 Å². The summed E-state index contributed by atoms with van der Waals surface area (Å²) in [6.45, 7) is 1.72. The van der Waals surface area contributed by atoms with Gasteiger partial charge in [0.05, 0.1) is 6.54 Å². The van der Waals surface area contributed by atoms with Gasteiger partial charge >= 0.3 is 0 Å². The number of nitrogens with one attached hydrogen (secondary N) is 1. The van der Waals surface area contributed by atoms with Crippen molar-refractivity contribution in [2.75, 3.05) is 19.9 Å². The molecule has 0 fully saturated rings. The van der Waals surface area contributed by atoms with E-state index in [2.05, 4.69) is 5.32 Å². The van der Waals surface area contributed by atoms with Crippen molar-refractivity contribution >= 4 is 16.7 Å². The average molecular weight is 379 g/mol. The Labute approximate surface area is 162 Å². The summed E-state index contributed by atoms with van der Waals surface area (Å²) < 4.78 is 16.2. The van der Waals surface area contributed by atoms with Crippen molar-refractivity contribution in [3.8, 4) is 17.2 Å². The fourth-order valence-electron chi connectivity index (χ4n) is 3.06. The molecule has 1 unspecified atom stereocenters. The zero-order chi connectivity index (χ0) is 19.6. The number of carbonyl (C=O) groups is 1. The van der Waals surface area contributed by atoms with E-state index in [0.717, 1.165) is 10.8 Å². The molecule has 6 heteroatoms. The summed E-state index contributed by atoms with van der Waals surface area (Å²) in [5.41, 5.74) is -0.618. The number of hydrogen-bond acceptors (Lipinski definition) is 5. The van der Waals surface area contributed by atoms with Gasteiger partial charge in [-0.05, 0) is 47.5 Å². The minimum atomic E-state index is -1.25. The number of aliphatic hydroxyl groups is 1. The van der Waals surface area contributed by atoms with Gasteiger partial charge in [0.25, 0.3) is 5.91 Å². The second-order valence-corrected chi connectivity index (χ2v) is 6.92. The summed E-state index contributed by atoms with van der Waals surface area (Å²) in [5, 5.41) is 15.6. The molecule has 0 spiro atoms. The van der Waals surface area contributed by atoms with E-state index in [1.165, 1.54) is 0 Å². The van der Waals surface area contributed by atoms with E-state index in [1.54, 1.807) is 25.1 Å². The molecule has 3 aromatic rings. The van der Waals surface area contributed by atoms with Gasteiger partial charge in [-0.15, -0.1) is 0 Å². The fraction of sp³-hybridized carbons (Fsp3) is 0.227. The van der Waals surface area contributed by atoms with Crippen LogP contribution in [0.15, 0.2) is 60.7 Å². The molecule has 1 aliphatic rings. The lowest BCUT2D eigenvalue weighted by atomic mass is 9.95. The highest BCUT2D eigenvalue weighted by Crippen LogP contribution is 2.35. The van der Waals surface area contributed by atoms with Gasteiger partial charge in [-0.2, -0.15) is 0 Å². The number of rotatable bonds is 6. The zero-order valence-corrected chi connectivity index (χ0v) is 15.5. The van der Waals surface area contributed by atoms with Crippen LogP contribution in [0.3, 0.4) is 0 Å². The molecule has 1 atom stereocenters. The van der Waals surface area contributed by atoms with Crippen molar-refractivity contribution in [2.24, 2.45) is 0 Å². The lowest BCUT2D eigenvalue weighted by Crippen LogP contribution is -2.40. The smallest absolute Gasteiger partial charge is 0.258 e. The van der Waals surface area contributed by atoms with E-state index in [0.29, 0.717) is 22.8 Å². The van der Waals surface area contributed by atoms with Crippen molar-refractivity contribution in [2.45, 2.75) is 12.5 Å². The highest BCUT2D eigenvalue weighted by atomic mass is 16.7. The molecule has 28 heavy (non-hydrogen) atoms. The van der Waals surface area contributed by atoms with Gasteiger partial charge < -0.3 is 24.6 Å². The van der Waals surface area contributed by atoms with Crippen LogP contribution in [0.1, 0.15) is 12.5 Å². The van der Waals surface area contributed by atoms with Crippen molar-refractivity contribution in [3.63, 3.8) is 0 Å². The van der Waals surface area contributed by atoms with Gasteiger partial charge in [0, 0.05) is 0 Å². The summed E-state index contributed by atoms with van der Waals surface area (Å²) in [5.74, 6) is 1.54. The Morgan fingerprint density at radius 2 is 1.86 bits per heavy atom. The van der Waals surface area contributed by atoms with E-state index >= 15 is 0 Å². The topological polar surface area (TPSA) is 77.0 Å². The summed E-state index contributed by atoms with van der Waals surface area (Å²) >= 11 is 0. The number of carbonyl (C=O) groups excluding carboxylic acids is 1. The van der Waals surface area contributed by atoms with Crippen LogP contribution in [0.4, 0.5) is 0 Å². The van der Waals surface area contributed by atoms with Crippen molar-refractivity contribution in [3.05, 3.63) is 66.2 Å². The number of benzene rings is 3. The average Bonchev–Trinajstić information content (AvgIpc) is 3.18. The first-order valence-corrected chi connectivity index (χ1v) is 9.02. The number of amides is 1. The Kier molecular flexibility index (Phi) is 4.79. The molecular formula is C22H21NO5. The molecule has 1 amide bonds. The SMILES string of the molecule is CC(O)(CNC(=O)COc1ccc2ccccc2c1)c1ccc2c(c1)OCO2. The van der Waals surface area contributed by atoms with Crippen molar-refractivity contribution < 1.29 is 24.1 Å². The Hall–Kier alpha value is -3.25. The van der Waals surface area contributed by atoms with Crippen LogP contribution < -0.4 is 19.5 Å². The molecule has 2 N–H and O–H groups in total. The lowest BCUT2D eigenvalue weighted by Gasteiger charge is -2.24. The predicted molar refractivity (Wildman–Crippen MR) is 105 cm³/mol. The lowest BCUT2D eigenvalue weighted by molar-refractivity contribution is -0.124. The van der Waals surface area contributed by atoms with Gasteiger partial charge in [0.2, 0.25) is 6.79 Å². The molecule has 1 aliphatic heterocycles. The standard InChI is InChI=1S/C22H21NO5/c1-22(25,17-7-9-19-20(11-17)28-14-27-19)13-23-21(24)12-26-18-8-6-15-4-2-3-5-16(15)10-18/h2-11,25H,12-14H2,1H3,(H,23,24). The number of hydrogen-bond donors (Lipinski definition) is 2. The quantitative estimate of drug-likeness (QED) is 0.689. The van der Waals surface area contributed by atoms with Gasteiger partial charge in [0.1, 0.15) is 11.4 Å². The summed E-state index contributed by atoms with van der Waals surface area (Å²) in [4.78, 5) is 12.2. The molecule has 6 nitrogen and oxygen atoms in total. The second kappa shape index (κ2) is 7.40. The Balaban J connectivity index is 1.33. The Morgan fingerprint density at radius 1 is 1.07 bits per heavy atom. The third-order valence-corrected chi connectivity index (χ3v) is 4.72. The first-order valence-electron chi connectivity index (χ1n) is 9.02. The van der Waals surface area contributed by atoms with Gasteiger partial charge in [-0.25, -0.2) is 0 Å². The van der Waals surface area contributed by atoms with Crippen LogP contribution >= 0.6 is 0 Å². The van der Waals surface area contributed by atoms with Crippen molar-refractivity contribution in [1.29, 1.82) is 0 Å². The number of fused-ring (bicyclic) bond motifs is 2. The van der Waals surface area contributed by atoms with Crippen LogP contribution in [0.25, 0.3) is 10.8 Å². The normalized spacial score (nSPS) is 14.5. The number of ether oxygens (including phenoxy) is 3. The van der Waals surface area contributed by atoms with Gasteiger partial charge in [-0.1, -0.05) is 36.4 Å². The Bertz CT molecular complexity index is 1010.